The number of nitrogens with zero attached hydrogens (tertiary/aromatic N) is 2. The maximum Gasteiger partial charge on any atom is 0.141 e. The van der Waals surface area contributed by atoms with Crippen LogP contribution in [0.2, 0.25) is 5.02 Å². The number of nitrogens with two attached hydrogens (primary N) is 1. The van der Waals surface area contributed by atoms with E-state index in [0.29, 0.717) is 24.1 Å². The number of halogens is 1. The molecule has 1 aromatic rings. The lowest BCUT2D eigenvalue weighted by atomic mass is 10.4. The molecule has 0 fully saturated rings. The van der Waals surface area contributed by atoms with Crippen LogP contribution in [-0.4, -0.2) is 23.0 Å². The quantitative estimate of drug-likeness (QED) is 0.840. The van der Waals surface area contributed by atoms with E-state index in [2.05, 4.69) is 5.10 Å². The first-order valence-electron chi connectivity index (χ1n) is 4.65. The van der Waals surface area contributed by atoms with Gasteiger partial charge in [-0.1, -0.05) is 11.6 Å². The second-order valence-electron chi connectivity index (χ2n) is 3.24. The largest absolute Gasteiger partial charge is 0.383 e. The van der Waals surface area contributed by atoms with Crippen molar-refractivity contribution in [2.75, 3.05) is 18.9 Å². The summed E-state index contributed by atoms with van der Waals surface area (Å²) in [6.45, 7) is 7.07. The summed E-state index contributed by atoms with van der Waals surface area (Å²) >= 11 is 5.93. The molecule has 0 saturated carbocycles. The zero-order valence-electron chi connectivity index (χ0n) is 8.75. The molecule has 0 aromatic carbocycles. The van der Waals surface area contributed by atoms with E-state index < -0.39 is 0 Å². The molecule has 1 aromatic heterocycles. The van der Waals surface area contributed by atoms with E-state index >= 15 is 0 Å². The van der Waals surface area contributed by atoms with Gasteiger partial charge in [0.1, 0.15) is 10.8 Å². The molecule has 0 aliphatic carbocycles. The van der Waals surface area contributed by atoms with Gasteiger partial charge in [-0.05, 0) is 20.8 Å². The number of nitrogen functional groups attached to an aromatic ring is 1. The SMILES string of the molecule is CCOCC(C)n1nc(C)c(Cl)c1N. The average Bonchev–Trinajstić information content (AvgIpc) is 2.42. The van der Waals surface area contributed by atoms with Gasteiger partial charge in [-0.15, -0.1) is 0 Å². The normalized spacial score (nSPS) is 13.1. The van der Waals surface area contributed by atoms with Crippen LogP contribution in [0.4, 0.5) is 5.82 Å². The van der Waals surface area contributed by atoms with Gasteiger partial charge < -0.3 is 10.5 Å². The lowest BCUT2D eigenvalue weighted by Crippen LogP contribution is -2.15. The van der Waals surface area contributed by atoms with Gasteiger partial charge in [-0.2, -0.15) is 5.10 Å². The highest BCUT2D eigenvalue weighted by atomic mass is 35.5. The molecule has 0 bridgehead atoms. The maximum absolute atomic E-state index is 5.93. The second-order valence-corrected chi connectivity index (χ2v) is 3.62. The predicted molar refractivity (Wildman–Crippen MR) is 57.6 cm³/mol. The van der Waals surface area contributed by atoms with Gasteiger partial charge in [0.05, 0.1) is 18.3 Å². The van der Waals surface area contributed by atoms with Gasteiger partial charge in [-0.3, -0.25) is 0 Å². The van der Waals surface area contributed by atoms with Crippen LogP contribution in [0.5, 0.6) is 0 Å². The molecular weight excluding hydrogens is 202 g/mol. The Morgan fingerprint density at radius 1 is 1.64 bits per heavy atom. The van der Waals surface area contributed by atoms with Gasteiger partial charge in [0, 0.05) is 6.61 Å². The summed E-state index contributed by atoms with van der Waals surface area (Å²) in [6.07, 6.45) is 0. The molecule has 0 spiro atoms. The number of aryl methyl sites for hydroxylation is 1. The fraction of sp³-hybridized carbons (Fsp3) is 0.667. The Labute approximate surface area is 89.0 Å². The van der Waals surface area contributed by atoms with Gasteiger partial charge in [0.25, 0.3) is 0 Å². The molecule has 0 amide bonds. The van der Waals surface area contributed by atoms with E-state index in [1.807, 2.05) is 20.8 Å². The number of ether oxygens (including phenoxy) is 1. The van der Waals surface area contributed by atoms with Crippen LogP contribution in [0.25, 0.3) is 0 Å². The number of hydrogen-bond acceptors (Lipinski definition) is 3. The van der Waals surface area contributed by atoms with E-state index in [9.17, 15) is 0 Å². The van der Waals surface area contributed by atoms with Crippen molar-refractivity contribution < 1.29 is 4.74 Å². The highest BCUT2D eigenvalue weighted by Crippen LogP contribution is 2.25. The zero-order valence-corrected chi connectivity index (χ0v) is 9.51. The van der Waals surface area contributed by atoms with E-state index in [4.69, 9.17) is 22.1 Å². The van der Waals surface area contributed by atoms with Crippen molar-refractivity contribution in [2.24, 2.45) is 0 Å². The summed E-state index contributed by atoms with van der Waals surface area (Å²) < 4.78 is 7.00. The van der Waals surface area contributed by atoms with E-state index in [1.165, 1.54) is 0 Å². The van der Waals surface area contributed by atoms with Crippen molar-refractivity contribution >= 4 is 17.4 Å². The Kier molecular flexibility index (Phi) is 3.77. The molecule has 1 rings (SSSR count). The first kappa shape index (κ1) is 11.3. The number of anilines is 1. The monoisotopic (exact) mass is 217 g/mol. The Balaban J connectivity index is 2.79. The number of aromatic nitrogens is 2. The third-order valence-electron chi connectivity index (χ3n) is 2.03. The Morgan fingerprint density at radius 3 is 2.71 bits per heavy atom. The molecule has 80 valence electrons. The molecule has 0 aliphatic rings. The molecule has 4 nitrogen and oxygen atoms in total. The van der Waals surface area contributed by atoms with Crippen LogP contribution in [0.1, 0.15) is 25.6 Å². The first-order valence-corrected chi connectivity index (χ1v) is 5.03. The first-order chi connectivity index (χ1) is 6.57. The van der Waals surface area contributed by atoms with Crippen molar-refractivity contribution in [1.29, 1.82) is 0 Å². The molecule has 5 heteroatoms. The topological polar surface area (TPSA) is 53.1 Å². The summed E-state index contributed by atoms with van der Waals surface area (Å²) in [5.41, 5.74) is 6.55. The van der Waals surface area contributed by atoms with Crippen LogP contribution in [-0.2, 0) is 4.74 Å². The van der Waals surface area contributed by atoms with Crippen molar-refractivity contribution in [3.63, 3.8) is 0 Å². The molecule has 14 heavy (non-hydrogen) atoms. The third kappa shape index (κ3) is 2.19. The van der Waals surface area contributed by atoms with Crippen LogP contribution >= 0.6 is 11.6 Å². The second kappa shape index (κ2) is 4.66. The summed E-state index contributed by atoms with van der Waals surface area (Å²) in [4.78, 5) is 0. The zero-order chi connectivity index (χ0) is 10.7. The molecule has 1 heterocycles. The third-order valence-corrected chi connectivity index (χ3v) is 2.49. The van der Waals surface area contributed by atoms with E-state index in [0.717, 1.165) is 5.69 Å². The molecule has 1 atom stereocenters. The summed E-state index contributed by atoms with van der Waals surface area (Å²) in [7, 11) is 0. The summed E-state index contributed by atoms with van der Waals surface area (Å²) in [6, 6.07) is 0.112. The Hall–Kier alpha value is -0.740. The van der Waals surface area contributed by atoms with Crippen LogP contribution in [0.15, 0.2) is 0 Å². The minimum absolute atomic E-state index is 0.112. The standard InChI is InChI=1S/C9H16ClN3O/c1-4-14-5-6(2)13-9(11)8(10)7(3)12-13/h6H,4-5,11H2,1-3H3. The number of rotatable bonds is 4. The minimum Gasteiger partial charge on any atom is -0.383 e. The van der Waals surface area contributed by atoms with Gasteiger partial charge >= 0.3 is 0 Å². The molecule has 0 saturated heterocycles. The van der Waals surface area contributed by atoms with Crippen molar-refractivity contribution in [2.45, 2.75) is 26.8 Å². The summed E-state index contributed by atoms with van der Waals surface area (Å²) in [5, 5.41) is 4.78. The fourth-order valence-electron chi connectivity index (χ4n) is 1.24. The smallest absolute Gasteiger partial charge is 0.141 e. The van der Waals surface area contributed by atoms with Gasteiger partial charge in [-0.25, -0.2) is 4.68 Å². The molecular formula is C9H16ClN3O. The lowest BCUT2D eigenvalue weighted by molar-refractivity contribution is 0.115. The van der Waals surface area contributed by atoms with Crippen molar-refractivity contribution in [3.8, 4) is 0 Å². The maximum atomic E-state index is 5.93. The average molecular weight is 218 g/mol. The van der Waals surface area contributed by atoms with Crippen LogP contribution in [0, 0.1) is 6.92 Å². The van der Waals surface area contributed by atoms with Crippen LogP contribution < -0.4 is 5.73 Å². The molecule has 0 radical (unpaired) electrons. The number of hydrogen-bond donors (Lipinski definition) is 1. The van der Waals surface area contributed by atoms with E-state index in [-0.39, 0.29) is 6.04 Å². The molecule has 1 unspecified atom stereocenters. The Morgan fingerprint density at radius 2 is 2.29 bits per heavy atom. The van der Waals surface area contributed by atoms with Gasteiger partial charge in [0.15, 0.2) is 0 Å². The van der Waals surface area contributed by atoms with Crippen molar-refractivity contribution in [3.05, 3.63) is 10.7 Å². The molecule has 0 aliphatic heterocycles. The Bertz CT molecular complexity index is 311. The molecule has 2 N–H and O–H groups in total. The van der Waals surface area contributed by atoms with Crippen molar-refractivity contribution in [1.82, 2.24) is 9.78 Å². The predicted octanol–water partition coefficient (Wildman–Crippen LogP) is 2.02. The highest BCUT2D eigenvalue weighted by molar-refractivity contribution is 6.33. The summed E-state index contributed by atoms with van der Waals surface area (Å²) in [5.74, 6) is 0.511. The highest BCUT2D eigenvalue weighted by Gasteiger charge is 2.14. The lowest BCUT2D eigenvalue weighted by Gasteiger charge is -2.13. The minimum atomic E-state index is 0.112. The van der Waals surface area contributed by atoms with Gasteiger partial charge in [0.2, 0.25) is 0 Å². The van der Waals surface area contributed by atoms with E-state index in [1.54, 1.807) is 4.68 Å². The van der Waals surface area contributed by atoms with Crippen LogP contribution in [0.3, 0.4) is 0 Å². The fourth-order valence-corrected chi connectivity index (χ4v) is 1.36.